The summed E-state index contributed by atoms with van der Waals surface area (Å²) in [5.74, 6) is 1.22. The van der Waals surface area contributed by atoms with Gasteiger partial charge in [0.25, 0.3) is 0 Å². The molecule has 2 rings (SSSR count). The molecule has 1 amide bonds. The predicted octanol–water partition coefficient (Wildman–Crippen LogP) is 1.06. The van der Waals surface area contributed by atoms with Crippen LogP contribution >= 0.6 is 0 Å². The van der Waals surface area contributed by atoms with Crippen LogP contribution in [0.4, 0.5) is 0 Å². The van der Waals surface area contributed by atoms with Gasteiger partial charge in [0.05, 0.1) is 12.2 Å². The van der Waals surface area contributed by atoms with E-state index in [1.807, 2.05) is 13.1 Å². The van der Waals surface area contributed by atoms with Crippen LogP contribution in [0.3, 0.4) is 0 Å². The van der Waals surface area contributed by atoms with Crippen molar-refractivity contribution in [3.63, 3.8) is 0 Å². The van der Waals surface area contributed by atoms with Crippen LogP contribution in [0.2, 0.25) is 0 Å². The molecular formula is C14H24N4O. The number of aromatic nitrogens is 2. The van der Waals surface area contributed by atoms with Gasteiger partial charge in [-0.15, -0.1) is 0 Å². The minimum Gasteiger partial charge on any atom is -0.350 e. The second-order valence-corrected chi connectivity index (χ2v) is 5.51. The SMILES string of the molecule is CC(CC(=O)NCc1ccnn1C)C1CCCNC1. The van der Waals surface area contributed by atoms with Crippen LogP contribution in [-0.2, 0) is 18.4 Å². The first-order valence-corrected chi connectivity index (χ1v) is 7.11. The molecule has 1 aromatic heterocycles. The van der Waals surface area contributed by atoms with E-state index in [-0.39, 0.29) is 5.91 Å². The summed E-state index contributed by atoms with van der Waals surface area (Å²) in [5.41, 5.74) is 1.03. The van der Waals surface area contributed by atoms with E-state index in [4.69, 9.17) is 0 Å². The maximum absolute atomic E-state index is 11.9. The second-order valence-electron chi connectivity index (χ2n) is 5.51. The van der Waals surface area contributed by atoms with Crippen LogP contribution in [0.15, 0.2) is 12.3 Å². The van der Waals surface area contributed by atoms with Gasteiger partial charge in [0.2, 0.25) is 5.91 Å². The van der Waals surface area contributed by atoms with Gasteiger partial charge in [0.15, 0.2) is 0 Å². The maximum atomic E-state index is 11.9. The fourth-order valence-corrected chi connectivity index (χ4v) is 2.66. The molecule has 0 radical (unpaired) electrons. The molecular weight excluding hydrogens is 240 g/mol. The summed E-state index contributed by atoms with van der Waals surface area (Å²) < 4.78 is 1.79. The summed E-state index contributed by atoms with van der Waals surface area (Å²) in [6, 6.07) is 1.93. The summed E-state index contributed by atoms with van der Waals surface area (Å²) in [5, 5.41) is 10.5. The highest BCUT2D eigenvalue weighted by atomic mass is 16.1. The summed E-state index contributed by atoms with van der Waals surface area (Å²) in [6.07, 6.45) is 4.83. The van der Waals surface area contributed by atoms with Crippen molar-refractivity contribution in [2.45, 2.75) is 32.7 Å². The highest BCUT2D eigenvalue weighted by Gasteiger charge is 2.21. The Bertz CT molecular complexity index is 409. The van der Waals surface area contributed by atoms with Crippen LogP contribution in [0.25, 0.3) is 0 Å². The maximum Gasteiger partial charge on any atom is 0.220 e. The fraction of sp³-hybridized carbons (Fsp3) is 0.714. The number of carbonyl (C=O) groups is 1. The van der Waals surface area contributed by atoms with Crippen LogP contribution < -0.4 is 10.6 Å². The van der Waals surface area contributed by atoms with Crippen LogP contribution in [0.5, 0.6) is 0 Å². The molecule has 19 heavy (non-hydrogen) atoms. The van der Waals surface area contributed by atoms with E-state index in [1.54, 1.807) is 10.9 Å². The average Bonchev–Trinajstić information content (AvgIpc) is 2.83. The van der Waals surface area contributed by atoms with Crippen molar-refractivity contribution in [1.29, 1.82) is 0 Å². The molecule has 0 saturated carbocycles. The van der Waals surface area contributed by atoms with E-state index < -0.39 is 0 Å². The van der Waals surface area contributed by atoms with Crippen molar-refractivity contribution in [3.05, 3.63) is 18.0 Å². The minimum absolute atomic E-state index is 0.138. The van der Waals surface area contributed by atoms with E-state index >= 15 is 0 Å². The molecule has 1 aliphatic heterocycles. The monoisotopic (exact) mass is 264 g/mol. The number of nitrogens with zero attached hydrogens (tertiary/aromatic N) is 2. The third kappa shape index (κ3) is 4.06. The Morgan fingerprint density at radius 3 is 3.16 bits per heavy atom. The molecule has 0 aromatic carbocycles. The molecule has 5 heteroatoms. The molecule has 0 aliphatic carbocycles. The Labute approximate surface area is 114 Å². The van der Waals surface area contributed by atoms with E-state index in [2.05, 4.69) is 22.7 Å². The summed E-state index contributed by atoms with van der Waals surface area (Å²) in [7, 11) is 1.89. The molecule has 2 atom stereocenters. The van der Waals surface area contributed by atoms with Gasteiger partial charge < -0.3 is 10.6 Å². The molecule has 1 fully saturated rings. The number of rotatable bonds is 5. The number of hydrogen-bond donors (Lipinski definition) is 2. The van der Waals surface area contributed by atoms with Crippen molar-refractivity contribution in [2.75, 3.05) is 13.1 Å². The number of amides is 1. The third-order valence-corrected chi connectivity index (χ3v) is 4.04. The van der Waals surface area contributed by atoms with Crippen LogP contribution in [-0.4, -0.2) is 28.8 Å². The topological polar surface area (TPSA) is 59.0 Å². The van der Waals surface area contributed by atoms with Gasteiger partial charge in [-0.25, -0.2) is 0 Å². The van der Waals surface area contributed by atoms with Gasteiger partial charge in [-0.3, -0.25) is 9.48 Å². The molecule has 0 bridgehead atoms. The predicted molar refractivity (Wildman–Crippen MR) is 74.4 cm³/mol. The Hall–Kier alpha value is -1.36. The second kappa shape index (κ2) is 6.70. The molecule has 1 aromatic rings. The molecule has 106 valence electrons. The molecule has 2 heterocycles. The first-order valence-electron chi connectivity index (χ1n) is 7.11. The van der Waals surface area contributed by atoms with E-state index in [1.165, 1.54) is 12.8 Å². The lowest BCUT2D eigenvalue weighted by Gasteiger charge is -2.28. The lowest BCUT2D eigenvalue weighted by atomic mass is 9.85. The van der Waals surface area contributed by atoms with Gasteiger partial charge in [-0.2, -0.15) is 5.10 Å². The Balaban J connectivity index is 1.73. The van der Waals surface area contributed by atoms with E-state index in [9.17, 15) is 4.79 Å². The Kier molecular flexibility index (Phi) is 4.96. The number of hydrogen-bond acceptors (Lipinski definition) is 3. The molecule has 1 saturated heterocycles. The molecule has 5 nitrogen and oxygen atoms in total. The standard InChI is InChI=1S/C14H24N4O/c1-11(12-4-3-6-15-9-12)8-14(19)16-10-13-5-7-17-18(13)2/h5,7,11-12,15H,3-4,6,8-10H2,1-2H3,(H,16,19). The van der Waals surface area contributed by atoms with Gasteiger partial charge in [0.1, 0.15) is 0 Å². The summed E-state index contributed by atoms with van der Waals surface area (Å²) in [6.45, 7) is 4.92. The quantitative estimate of drug-likeness (QED) is 0.836. The summed E-state index contributed by atoms with van der Waals surface area (Å²) in [4.78, 5) is 11.9. The van der Waals surface area contributed by atoms with Gasteiger partial charge in [-0.05, 0) is 43.8 Å². The number of carbonyl (C=O) groups excluding carboxylic acids is 1. The minimum atomic E-state index is 0.138. The number of piperidine rings is 1. The van der Waals surface area contributed by atoms with Crippen molar-refractivity contribution in [1.82, 2.24) is 20.4 Å². The van der Waals surface area contributed by atoms with Crippen LogP contribution in [0, 0.1) is 11.8 Å². The van der Waals surface area contributed by atoms with Gasteiger partial charge >= 0.3 is 0 Å². The molecule has 2 unspecified atom stereocenters. The average molecular weight is 264 g/mol. The van der Waals surface area contributed by atoms with E-state index in [0.717, 1.165) is 18.8 Å². The Morgan fingerprint density at radius 1 is 1.68 bits per heavy atom. The number of aryl methyl sites for hydroxylation is 1. The molecule has 1 aliphatic rings. The van der Waals surface area contributed by atoms with Crippen molar-refractivity contribution in [2.24, 2.45) is 18.9 Å². The van der Waals surface area contributed by atoms with Gasteiger partial charge in [-0.1, -0.05) is 6.92 Å². The summed E-state index contributed by atoms with van der Waals surface area (Å²) >= 11 is 0. The van der Waals surface area contributed by atoms with E-state index in [0.29, 0.717) is 24.8 Å². The van der Waals surface area contributed by atoms with Crippen LogP contribution in [0.1, 0.15) is 31.9 Å². The van der Waals surface area contributed by atoms with Gasteiger partial charge in [0, 0.05) is 19.7 Å². The zero-order valence-electron chi connectivity index (χ0n) is 11.9. The first-order chi connectivity index (χ1) is 9.16. The Morgan fingerprint density at radius 2 is 2.53 bits per heavy atom. The first kappa shape index (κ1) is 14.1. The molecule has 2 N–H and O–H groups in total. The highest BCUT2D eigenvalue weighted by molar-refractivity contribution is 5.76. The van der Waals surface area contributed by atoms with Crippen molar-refractivity contribution < 1.29 is 4.79 Å². The smallest absolute Gasteiger partial charge is 0.220 e. The lowest BCUT2D eigenvalue weighted by molar-refractivity contribution is -0.122. The number of nitrogens with one attached hydrogen (secondary N) is 2. The van der Waals surface area contributed by atoms with Crippen molar-refractivity contribution in [3.8, 4) is 0 Å². The molecule has 0 spiro atoms. The fourth-order valence-electron chi connectivity index (χ4n) is 2.66. The lowest BCUT2D eigenvalue weighted by Crippen LogP contribution is -2.35. The normalized spacial score (nSPS) is 21.1. The zero-order chi connectivity index (χ0) is 13.7. The third-order valence-electron chi connectivity index (χ3n) is 4.04. The zero-order valence-corrected chi connectivity index (χ0v) is 11.9. The highest BCUT2D eigenvalue weighted by Crippen LogP contribution is 2.22. The largest absolute Gasteiger partial charge is 0.350 e. The van der Waals surface area contributed by atoms with Crippen molar-refractivity contribution >= 4 is 5.91 Å².